The first-order valence-corrected chi connectivity index (χ1v) is 10.1. The number of halogens is 2. The van der Waals surface area contributed by atoms with E-state index in [9.17, 15) is 9.59 Å². The molecule has 0 spiro atoms. The average Bonchev–Trinajstić information content (AvgIpc) is 2.79. The van der Waals surface area contributed by atoms with Crippen molar-refractivity contribution in [2.75, 3.05) is 13.7 Å². The van der Waals surface area contributed by atoms with Gasteiger partial charge in [-0.3, -0.25) is 4.79 Å². The van der Waals surface area contributed by atoms with Crippen LogP contribution in [-0.2, 0) is 4.79 Å². The summed E-state index contributed by atoms with van der Waals surface area (Å²) in [4.78, 5) is 24.2. The van der Waals surface area contributed by atoms with E-state index in [0.29, 0.717) is 22.1 Å². The van der Waals surface area contributed by atoms with Crippen molar-refractivity contribution in [2.45, 2.75) is 0 Å². The van der Waals surface area contributed by atoms with Gasteiger partial charge in [0.25, 0.3) is 5.91 Å². The Kier molecular flexibility index (Phi) is 8.08. The summed E-state index contributed by atoms with van der Waals surface area (Å²) in [6.45, 7) is -0.209. The molecule has 1 N–H and O–H groups in total. The minimum absolute atomic E-state index is 0.209. The molecule has 0 aromatic heterocycles. The van der Waals surface area contributed by atoms with Crippen molar-refractivity contribution in [1.29, 1.82) is 0 Å². The van der Waals surface area contributed by atoms with Gasteiger partial charge in [-0.15, -0.1) is 0 Å². The number of nitrogens with one attached hydrogen (secondary N) is 1. The van der Waals surface area contributed by atoms with Crippen molar-refractivity contribution < 1.29 is 23.8 Å². The number of amides is 1. The molecule has 0 aliphatic heterocycles. The maximum atomic E-state index is 12.4. The first kappa shape index (κ1) is 23.1. The van der Waals surface area contributed by atoms with E-state index in [0.717, 1.165) is 0 Å². The summed E-state index contributed by atoms with van der Waals surface area (Å²) in [6, 6.07) is 18.0. The van der Waals surface area contributed by atoms with E-state index in [2.05, 4.69) is 10.5 Å². The third kappa shape index (κ3) is 6.47. The topological polar surface area (TPSA) is 86.2 Å². The summed E-state index contributed by atoms with van der Waals surface area (Å²) in [7, 11) is 1.44. The lowest BCUT2D eigenvalue weighted by Crippen LogP contribution is -2.24. The first-order valence-electron chi connectivity index (χ1n) is 9.31. The highest BCUT2D eigenvalue weighted by atomic mass is 35.5. The van der Waals surface area contributed by atoms with E-state index in [-0.39, 0.29) is 22.9 Å². The molecule has 32 heavy (non-hydrogen) atoms. The second kappa shape index (κ2) is 11.2. The Hall–Kier alpha value is -3.55. The van der Waals surface area contributed by atoms with Crippen LogP contribution in [0.1, 0.15) is 15.9 Å². The molecule has 3 rings (SSSR count). The van der Waals surface area contributed by atoms with Crippen LogP contribution in [-0.4, -0.2) is 31.8 Å². The predicted octanol–water partition coefficient (Wildman–Crippen LogP) is 4.75. The molecule has 0 heterocycles. The molecule has 1 amide bonds. The maximum absolute atomic E-state index is 12.4. The molecule has 7 nitrogen and oxygen atoms in total. The van der Waals surface area contributed by atoms with Gasteiger partial charge in [0, 0.05) is 5.02 Å². The molecule has 9 heteroatoms. The van der Waals surface area contributed by atoms with Gasteiger partial charge >= 0.3 is 5.97 Å². The Labute approximate surface area is 194 Å². The zero-order valence-corrected chi connectivity index (χ0v) is 18.4. The molecule has 0 atom stereocenters. The second-order valence-corrected chi connectivity index (χ2v) is 7.16. The normalized spacial score (nSPS) is 10.6. The minimum Gasteiger partial charge on any atom is -0.493 e. The van der Waals surface area contributed by atoms with Crippen LogP contribution in [0.25, 0.3) is 0 Å². The number of hydrogen-bond acceptors (Lipinski definition) is 6. The molecular formula is C23H18Cl2N2O5. The van der Waals surface area contributed by atoms with Gasteiger partial charge in [0.2, 0.25) is 0 Å². The molecule has 0 saturated heterocycles. The van der Waals surface area contributed by atoms with E-state index in [1.807, 2.05) is 0 Å². The van der Waals surface area contributed by atoms with Crippen molar-refractivity contribution in [3.05, 3.63) is 87.9 Å². The summed E-state index contributed by atoms with van der Waals surface area (Å²) in [5.74, 6) is -0.00126. The number of carbonyl (C=O) groups is 2. The van der Waals surface area contributed by atoms with Crippen molar-refractivity contribution in [2.24, 2.45) is 5.10 Å². The Morgan fingerprint density at radius 2 is 1.75 bits per heavy atom. The molecule has 0 radical (unpaired) electrons. The van der Waals surface area contributed by atoms with Crippen LogP contribution in [0.2, 0.25) is 10.0 Å². The summed E-state index contributed by atoms with van der Waals surface area (Å²) in [5.41, 5.74) is 3.21. The van der Waals surface area contributed by atoms with E-state index in [4.69, 9.17) is 37.4 Å². The highest BCUT2D eigenvalue weighted by molar-refractivity contribution is 6.33. The number of carbonyl (C=O) groups excluding carboxylic acids is 2. The van der Waals surface area contributed by atoms with Gasteiger partial charge in [-0.2, -0.15) is 5.10 Å². The number of ether oxygens (including phenoxy) is 3. The smallest absolute Gasteiger partial charge is 0.345 e. The monoisotopic (exact) mass is 472 g/mol. The van der Waals surface area contributed by atoms with Gasteiger partial charge in [-0.25, -0.2) is 10.2 Å². The minimum atomic E-state index is -0.608. The lowest BCUT2D eigenvalue weighted by atomic mass is 10.2. The lowest BCUT2D eigenvalue weighted by Gasteiger charge is -2.10. The summed E-state index contributed by atoms with van der Waals surface area (Å²) >= 11 is 11.8. The maximum Gasteiger partial charge on any atom is 0.345 e. The molecule has 0 unspecified atom stereocenters. The van der Waals surface area contributed by atoms with Gasteiger partial charge in [-0.1, -0.05) is 35.3 Å². The van der Waals surface area contributed by atoms with Crippen LogP contribution in [0, 0.1) is 0 Å². The molecule has 0 aliphatic carbocycles. The molecule has 3 aromatic carbocycles. The first-order chi connectivity index (χ1) is 15.5. The van der Waals surface area contributed by atoms with Crippen molar-refractivity contribution in [1.82, 2.24) is 5.43 Å². The number of rotatable bonds is 8. The van der Waals surface area contributed by atoms with Crippen molar-refractivity contribution >= 4 is 41.3 Å². The van der Waals surface area contributed by atoms with Gasteiger partial charge in [0.05, 0.1) is 23.9 Å². The number of benzene rings is 3. The quantitative estimate of drug-likeness (QED) is 0.221. The van der Waals surface area contributed by atoms with Crippen molar-refractivity contribution in [3.63, 3.8) is 0 Å². The third-order valence-electron chi connectivity index (χ3n) is 4.07. The fourth-order valence-electron chi connectivity index (χ4n) is 2.52. The van der Waals surface area contributed by atoms with Crippen LogP contribution < -0.4 is 19.6 Å². The van der Waals surface area contributed by atoms with E-state index in [1.165, 1.54) is 13.3 Å². The predicted molar refractivity (Wildman–Crippen MR) is 122 cm³/mol. The number of methoxy groups -OCH3 is 1. The van der Waals surface area contributed by atoms with Crippen LogP contribution in [0.3, 0.4) is 0 Å². The van der Waals surface area contributed by atoms with Crippen LogP contribution in [0.5, 0.6) is 17.2 Å². The molecule has 164 valence electrons. The number of nitrogens with zero attached hydrogens (tertiary/aromatic N) is 1. The Morgan fingerprint density at radius 1 is 1.00 bits per heavy atom. The molecular weight excluding hydrogens is 455 g/mol. The number of esters is 1. The van der Waals surface area contributed by atoms with E-state index in [1.54, 1.807) is 66.7 Å². The van der Waals surface area contributed by atoms with Crippen molar-refractivity contribution in [3.8, 4) is 17.2 Å². The summed E-state index contributed by atoms with van der Waals surface area (Å²) < 4.78 is 16.0. The number of hydrogen-bond donors (Lipinski definition) is 1. The molecule has 0 fully saturated rings. The van der Waals surface area contributed by atoms with Crippen LogP contribution in [0.15, 0.2) is 71.8 Å². The molecule has 0 saturated carbocycles. The standard InChI is InChI=1S/C23H18Cl2N2O5/c1-30-21-12-15(6-11-20(21)32-23(29)18-4-2-3-5-19(18)25)13-26-27-22(28)14-31-17-9-7-16(24)8-10-17/h2-13H,14H2,1H3,(H,27,28). The van der Waals surface area contributed by atoms with E-state index < -0.39 is 11.9 Å². The summed E-state index contributed by atoms with van der Waals surface area (Å²) in [5, 5.41) is 4.75. The highest BCUT2D eigenvalue weighted by Crippen LogP contribution is 2.29. The molecule has 0 bridgehead atoms. The van der Waals surface area contributed by atoms with Gasteiger partial charge in [-0.05, 0) is 60.2 Å². The van der Waals surface area contributed by atoms with Gasteiger partial charge in [0.15, 0.2) is 18.1 Å². The van der Waals surface area contributed by atoms with Crippen LogP contribution >= 0.6 is 23.2 Å². The zero-order chi connectivity index (χ0) is 22.9. The van der Waals surface area contributed by atoms with Gasteiger partial charge in [0.1, 0.15) is 5.75 Å². The second-order valence-electron chi connectivity index (χ2n) is 6.32. The SMILES string of the molecule is COc1cc(C=NNC(=O)COc2ccc(Cl)cc2)ccc1OC(=O)c1ccccc1Cl. The summed E-state index contributed by atoms with van der Waals surface area (Å²) in [6.07, 6.45) is 1.42. The average molecular weight is 473 g/mol. The van der Waals surface area contributed by atoms with Crippen LogP contribution in [0.4, 0.5) is 0 Å². The lowest BCUT2D eigenvalue weighted by molar-refractivity contribution is -0.123. The Bertz CT molecular complexity index is 1130. The third-order valence-corrected chi connectivity index (χ3v) is 4.65. The van der Waals surface area contributed by atoms with E-state index >= 15 is 0 Å². The fraction of sp³-hybridized carbons (Fsp3) is 0.0870. The molecule has 0 aliphatic rings. The Balaban J connectivity index is 1.57. The van der Waals surface area contributed by atoms with Gasteiger partial charge < -0.3 is 14.2 Å². The highest BCUT2D eigenvalue weighted by Gasteiger charge is 2.15. The Morgan fingerprint density at radius 3 is 2.47 bits per heavy atom. The largest absolute Gasteiger partial charge is 0.493 e. The number of hydrazone groups is 1. The zero-order valence-electron chi connectivity index (χ0n) is 16.9. The molecule has 3 aromatic rings. The fourth-order valence-corrected chi connectivity index (χ4v) is 2.86.